The predicted molar refractivity (Wildman–Crippen MR) is 158 cm³/mol. The van der Waals surface area contributed by atoms with Gasteiger partial charge in [-0.25, -0.2) is 9.37 Å². The van der Waals surface area contributed by atoms with Crippen molar-refractivity contribution >= 4 is 50.9 Å². The fourth-order valence-electron chi connectivity index (χ4n) is 5.32. The van der Waals surface area contributed by atoms with Gasteiger partial charge in [-0.2, -0.15) is 0 Å². The number of carbonyl (C=O) groups is 1. The van der Waals surface area contributed by atoms with Gasteiger partial charge in [0.05, 0.1) is 10.6 Å². The molecule has 0 aliphatic carbocycles. The van der Waals surface area contributed by atoms with Crippen molar-refractivity contribution in [2.75, 3.05) is 44.2 Å². The first-order valence-electron chi connectivity index (χ1n) is 13.2. The van der Waals surface area contributed by atoms with Gasteiger partial charge in [-0.05, 0) is 61.8 Å². The van der Waals surface area contributed by atoms with E-state index in [0.717, 1.165) is 50.3 Å². The zero-order chi connectivity index (χ0) is 27.4. The number of halogens is 4. The molecule has 206 valence electrons. The number of anilines is 1. The lowest BCUT2D eigenvalue weighted by Crippen LogP contribution is -2.53. The summed E-state index contributed by atoms with van der Waals surface area (Å²) in [6.45, 7) is 6.89. The summed E-state index contributed by atoms with van der Waals surface area (Å²) >= 11 is 15.9. The fraction of sp³-hybridized carbons (Fsp3) is 0.379. The van der Waals surface area contributed by atoms with E-state index in [1.54, 1.807) is 18.2 Å². The average Bonchev–Trinajstić information content (AvgIpc) is 2.94. The van der Waals surface area contributed by atoms with Crippen LogP contribution in [-0.2, 0) is 13.1 Å². The quantitative estimate of drug-likeness (QED) is 0.345. The standard InChI is InChI=1S/C29H31BrCl2FN5O/c30-23-4-1-20(2-5-23)19-36-9-7-25(8-10-36)37-11-13-38(14-12-37)28-26(32)15-22(18-34-28)29(39)35-17-21-3-6-24(31)16-27(21)33/h1-6,15-16,18,25H,7-14,17,19H2,(H,35,39). The highest BCUT2D eigenvalue weighted by atomic mass is 79.9. The van der Waals surface area contributed by atoms with E-state index in [1.807, 2.05) is 0 Å². The van der Waals surface area contributed by atoms with Crippen molar-refractivity contribution in [2.45, 2.75) is 32.0 Å². The molecule has 3 aromatic rings. The van der Waals surface area contributed by atoms with Crippen LogP contribution in [0, 0.1) is 5.82 Å². The molecule has 1 N–H and O–H groups in total. The first-order chi connectivity index (χ1) is 18.9. The van der Waals surface area contributed by atoms with Crippen LogP contribution >= 0.6 is 39.1 Å². The normalized spacial score (nSPS) is 17.4. The zero-order valence-corrected chi connectivity index (χ0v) is 24.7. The number of rotatable bonds is 7. The first kappa shape index (κ1) is 28.3. The lowest BCUT2D eigenvalue weighted by atomic mass is 10.0. The van der Waals surface area contributed by atoms with Crippen molar-refractivity contribution < 1.29 is 9.18 Å². The van der Waals surface area contributed by atoms with Crippen LogP contribution in [0.5, 0.6) is 0 Å². The second-order valence-electron chi connectivity index (χ2n) is 10.1. The number of piperidine rings is 1. The molecule has 0 bridgehead atoms. The minimum atomic E-state index is -0.459. The summed E-state index contributed by atoms with van der Waals surface area (Å²) in [7, 11) is 0. The van der Waals surface area contributed by atoms with Crippen LogP contribution in [0.2, 0.25) is 10.0 Å². The minimum absolute atomic E-state index is 0.0479. The smallest absolute Gasteiger partial charge is 0.253 e. The highest BCUT2D eigenvalue weighted by molar-refractivity contribution is 9.10. The molecule has 6 nitrogen and oxygen atoms in total. The van der Waals surface area contributed by atoms with Crippen LogP contribution in [-0.4, -0.2) is 66.0 Å². The Hall–Kier alpha value is -2.23. The first-order valence-corrected chi connectivity index (χ1v) is 14.7. The molecule has 2 aliphatic rings. The Morgan fingerprint density at radius 1 is 1.00 bits per heavy atom. The number of carbonyl (C=O) groups excluding carboxylic acids is 1. The molecule has 1 aromatic heterocycles. The van der Waals surface area contributed by atoms with Gasteiger partial charge in [-0.15, -0.1) is 0 Å². The Labute approximate surface area is 247 Å². The van der Waals surface area contributed by atoms with E-state index in [4.69, 9.17) is 23.2 Å². The number of likely N-dealkylation sites (tertiary alicyclic amines) is 1. The summed E-state index contributed by atoms with van der Waals surface area (Å²) in [6, 6.07) is 15.2. The summed E-state index contributed by atoms with van der Waals surface area (Å²) in [6.07, 6.45) is 3.89. The highest BCUT2D eigenvalue weighted by Crippen LogP contribution is 2.27. The third kappa shape index (κ3) is 7.30. The highest BCUT2D eigenvalue weighted by Gasteiger charge is 2.28. The Morgan fingerprint density at radius 2 is 1.72 bits per heavy atom. The maximum absolute atomic E-state index is 14.0. The average molecular weight is 635 g/mol. The number of aromatic nitrogens is 1. The Bertz CT molecular complexity index is 1300. The van der Waals surface area contributed by atoms with Gasteiger partial charge in [0, 0.05) is 66.6 Å². The van der Waals surface area contributed by atoms with Gasteiger partial charge in [0.15, 0.2) is 0 Å². The zero-order valence-electron chi connectivity index (χ0n) is 21.6. The van der Waals surface area contributed by atoms with Gasteiger partial charge in [0.2, 0.25) is 0 Å². The van der Waals surface area contributed by atoms with Gasteiger partial charge >= 0.3 is 0 Å². The summed E-state index contributed by atoms with van der Waals surface area (Å²) in [5.41, 5.74) is 2.05. The van der Waals surface area contributed by atoms with Crippen molar-refractivity contribution in [1.82, 2.24) is 20.1 Å². The molecule has 2 aliphatic heterocycles. The Balaban J connectivity index is 1.09. The molecule has 2 fully saturated rings. The molecule has 0 unspecified atom stereocenters. The molecule has 0 atom stereocenters. The number of amides is 1. The van der Waals surface area contributed by atoms with Crippen LogP contribution in [0.1, 0.15) is 34.3 Å². The predicted octanol–water partition coefficient (Wildman–Crippen LogP) is 6.01. The number of nitrogens with one attached hydrogen (secondary N) is 1. The number of hydrogen-bond acceptors (Lipinski definition) is 5. The van der Waals surface area contributed by atoms with Crippen molar-refractivity contribution in [2.24, 2.45) is 0 Å². The molecule has 3 heterocycles. The molecule has 0 spiro atoms. The molecule has 10 heteroatoms. The molecule has 2 aromatic carbocycles. The maximum Gasteiger partial charge on any atom is 0.253 e. The van der Waals surface area contributed by atoms with Crippen LogP contribution in [0.3, 0.4) is 0 Å². The van der Waals surface area contributed by atoms with Crippen molar-refractivity contribution in [3.05, 3.63) is 91.8 Å². The lowest BCUT2D eigenvalue weighted by molar-refractivity contribution is 0.0950. The van der Waals surface area contributed by atoms with E-state index in [2.05, 4.69) is 65.2 Å². The topological polar surface area (TPSA) is 51.7 Å². The molecular formula is C29H31BrCl2FN5O. The molecule has 5 rings (SSSR count). The Morgan fingerprint density at radius 3 is 2.38 bits per heavy atom. The molecular weight excluding hydrogens is 604 g/mol. The lowest BCUT2D eigenvalue weighted by Gasteiger charge is -2.43. The summed E-state index contributed by atoms with van der Waals surface area (Å²) < 4.78 is 15.1. The van der Waals surface area contributed by atoms with E-state index >= 15 is 0 Å². The fourth-order valence-corrected chi connectivity index (χ4v) is 6.03. The van der Waals surface area contributed by atoms with Gasteiger partial charge in [0.25, 0.3) is 5.91 Å². The maximum atomic E-state index is 14.0. The summed E-state index contributed by atoms with van der Waals surface area (Å²) in [4.78, 5) is 24.5. The SMILES string of the molecule is O=C(NCc1ccc(Cl)cc1F)c1cnc(N2CCN(C3CCN(Cc4ccc(Br)cc4)CC3)CC2)c(Cl)c1. The van der Waals surface area contributed by atoms with Crippen LogP contribution in [0.25, 0.3) is 0 Å². The number of pyridine rings is 1. The largest absolute Gasteiger partial charge is 0.353 e. The third-order valence-corrected chi connectivity index (χ3v) is 8.59. The monoisotopic (exact) mass is 633 g/mol. The Kier molecular flexibility index (Phi) is 9.40. The van der Waals surface area contributed by atoms with Crippen LogP contribution in [0.15, 0.2) is 59.2 Å². The summed E-state index contributed by atoms with van der Waals surface area (Å²) in [5, 5.41) is 3.47. The van der Waals surface area contributed by atoms with Crippen molar-refractivity contribution in [1.29, 1.82) is 0 Å². The second-order valence-corrected chi connectivity index (χ2v) is 11.9. The van der Waals surface area contributed by atoms with Crippen molar-refractivity contribution in [3.8, 4) is 0 Å². The molecule has 1 amide bonds. The van der Waals surface area contributed by atoms with Gasteiger partial charge in [-0.1, -0.05) is 57.3 Å². The molecule has 39 heavy (non-hydrogen) atoms. The van der Waals surface area contributed by atoms with Gasteiger partial charge in [0.1, 0.15) is 11.6 Å². The van der Waals surface area contributed by atoms with Gasteiger partial charge in [-0.3, -0.25) is 14.6 Å². The molecule has 0 saturated carbocycles. The van der Waals surface area contributed by atoms with E-state index in [0.29, 0.717) is 33.0 Å². The van der Waals surface area contributed by atoms with E-state index in [-0.39, 0.29) is 12.5 Å². The third-order valence-electron chi connectivity index (χ3n) is 7.55. The number of piperazine rings is 1. The number of nitrogens with zero attached hydrogens (tertiary/aromatic N) is 4. The molecule has 0 radical (unpaired) electrons. The van der Waals surface area contributed by atoms with Crippen LogP contribution in [0.4, 0.5) is 10.2 Å². The van der Waals surface area contributed by atoms with E-state index < -0.39 is 5.82 Å². The van der Waals surface area contributed by atoms with Crippen molar-refractivity contribution in [3.63, 3.8) is 0 Å². The second kappa shape index (κ2) is 13.0. The summed E-state index contributed by atoms with van der Waals surface area (Å²) in [5.74, 6) is -0.123. The molecule has 2 saturated heterocycles. The number of benzene rings is 2. The van der Waals surface area contributed by atoms with Crippen LogP contribution < -0.4 is 10.2 Å². The van der Waals surface area contributed by atoms with Gasteiger partial charge < -0.3 is 10.2 Å². The van der Waals surface area contributed by atoms with E-state index in [9.17, 15) is 9.18 Å². The number of hydrogen-bond donors (Lipinski definition) is 1. The van der Waals surface area contributed by atoms with E-state index in [1.165, 1.54) is 30.7 Å². The minimum Gasteiger partial charge on any atom is -0.353 e.